The van der Waals surface area contributed by atoms with E-state index in [9.17, 15) is 18.0 Å². The van der Waals surface area contributed by atoms with E-state index in [-0.39, 0.29) is 5.82 Å². The third-order valence-corrected chi connectivity index (χ3v) is 2.82. The van der Waals surface area contributed by atoms with Crippen molar-refractivity contribution in [3.63, 3.8) is 0 Å². The van der Waals surface area contributed by atoms with Gasteiger partial charge in [-0.3, -0.25) is 9.79 Å². The summed E-state index contributed by atoms with van der Waals surface area (Å²) in [5, 5.41) is 5.79. The number of nitrogens with zero attached hydrogens (tertiary/aromatic N) is 4. The molecule has 6 nitrogen and oxygen atoms in total. The number of hydrogen-bond donors (Lipinski definition) is 1. The van der Waals surface area contributed by atoms with Gasteiger partial charge in [-0.05, 0) is 24.9 Å². The molecule has 2 rings (SSSR count). The van der Waals surface area contributed by atoms with Crippen LogP contribution in [0.5, 0.6) is 0 Å². The van der Waals surface area contributed by atoms with Gasteiger partial charge in [0.05, 0.1) is 23.8 Å². The minimum absolute atomic E-state index is 0.213. The molecule has 1 amide bonds. The van der Waals surface area contributed by atoms with Gasteiger partial charge in [-0.15, -0.1) is 0 Å². The van der Waals surface area contributed by atoms with Crippen molar-refractivity contribution in [3.8, 4) is 11.3 Å². The topological polar surface area (TPSA) is 72.2 Å². The maximum absolute atomic E-state index is 12.3. The van der Waals surface area contributed by atoms with Crippen LogP contribution >= 0.6 is 0 Å². The van der Waals surface area contributed by atoms with Crippen LogP contribution < -0.4 is 5.32 Å². The van der Waals surface area contributed by atoms with Crippen LogP contribution in [-0.2, 0) is 4.79 Å². The number of allylic oxidation sites excluding steroid dienone is 2. The van der Waals surface area contributed by atoms with Gasteiger partial charge in [0.15, 0.2) is 0 Å². The van der Waals surface area contributed by atoms with Gasteiger partial charge in [-0.25, -0.2) is 9.67 Å². The molecular weight excluding hydrogens is 323 g/mol. The fourth-order valence-electron chi connectivity index (χ4n) is 1.75. The molecule has 2 heterocycles. The fourth-order valence-corrected chi connectivity index (χ4v) is 1.75. The quantitative estimate of drug-likeness (QED) is 0.674. The van der Waals surface area contributed by atoms with Crippen LogP contribution in [0.2, 0.25) is 0 Å². The molecule has 0 aliphatic carbocycles. The normalized spacial score (nSPS) is 11.9. The number of aromatic nitrogens is 3. The van der Waals surface area contributed by atoms with E-state index in [0.29, 0.717) is 17.0 Å². The number of anilines is 1. The van der Waals surface area contributed by atoms with Gasteiger partial charge in [-0.1, -0.05) is 12.6 Å². The van der Waals surface area contributed by atoms with Crippen LogP contribution in [0.25, 0.3) is 17.0 Å². The van der Waals surface area contributed by atoms with Gasteiger partial charge in [0.1, 0.15) is 5.82 Å². The number of carbonyl (C=O) groups excluding carboxylic acids is 1. The standard InChI is InChI=1S/C15H12F3N5O/c1-3-11(8-19-2)23-9-10(7-20-23)12-5-4-6-13(21-12)22-14(24)15(16,17)18/h3-9H,1-2H2,(H,21,22,24)/b11-8+. The molecule has 24 heavy (non-hydrogen) atoms. The highest BCUT2D eigenvalue weighted by molar-refractivity contribution is 5.94. The predicted molar refractivity (Wildman–Crippen MR) is 84.2 cm³/mol. The number of aliphatic imine (C=N–C) groups is 1. The second-order valence-corrected chi connectivity index (χ2v) is 4.47. The number of rotatable bonds is 5. The van der Waals surface area contributed by atoms with Crippen molar-refractivity contribution in [3.05, 3.63) is 49.4 Å². The monoisotopic (exact) mass is 335 g/mol. The van der Waals surface area contributed by atoms with E-state index in [0.717, 1.165) is 0 Å². The van der Waals surface area contributed by atoms with E-state index in [2.05, 4.69) is 28.4 Å². The van der Waals surface area contributed by atoms with E-state index in [1.54, 1.807) is 17.6 Å². The number of amides is 1. The zero-order valence-electron chi connectivity index (χ0n) is 12.3. The largest absolute Gasteiger partial charge is 0.471 e. The zero-order valence-corrected chi connectivity index (χ0v) is 12.3. The molecule has 0 saturated heterocycles. The van der Waals surface area contributed by atoms with E-state index >= 15 is 0 Å². The average Bonchev–Trinajstić information content (AvgIpc) is 3.01. The number of nitrogens with one attached hydrogen (secondary N) is 1. The summed E-state index contributed by atoms with van der Waals surface area (Å²) in [6, 6.07) is 4.31. The summed E-state index contributed by atoms with van der Waals surface area (Å²) in [7, 11) is 0. The molecule has 2 aromatic heterocycles. The molecule has 0 saturated carbocycles. The second kappa shape index (κ2) is 6.90. The van der Waals surface area contributed by atoms with Crippen LogP contribution in [-0.4, -0.2) is 33.6 Å². The van der Waals surface area contributed by atoms with Gasteiger partial charge in [0, 0.05) is 11.8 Å². The summed E-state index contributed by atoms with van der Waals surface area (Å²) in [4.78, 5) is 18.6. The van der Waals surface area contributed by atoms with Crippen molar-refractivity contribution in [2.24, 2.45) is 4.99 Å². The van der Waals surface area contributed by atoms with Crippen LogP contribution in [0.3, 0.4) is 0 Å². The molecule has 0 atom stereocenters. The van der Waals surface area contributed by atoms with Crippen LogP contribution in [0.15, 0.2) is 54.4 Å². The summed E-state index contributed by atoms with van der Waals surface area (Å²) in [5.74, 6) is -2.30. The average molecular weight is 335 g/mol. The third kappa shape index (κ3) is 3.94. The maximum atomic E-state index is 12.3. The number of alkyl halides is 3. The third-order valence-electron chi connectivity index (χ3n) is 2.82. The lowest BCUT2D eigenvalue weighted by Crippen LogP contribution is -2.30. The van der Waals surface area contributed by atoms with Crippen molar-refractivity contribution in [2.75, 3.05) is 5.32 Å². The Labute approximate surface area is 135 Å². The Bertz CT molecular complexity index is 807. The highest BCUT2D eigenvalue weighted by Gasteiger charge is 2.38. The molecular formula is C15H12F3N5O. The van der Waals surface area contributed by atoms with Gasteiger partial charge in [-0.2, -0.15) is 18.3 Å². The fraction of sp³-hybridized carbons (Fsp3) is 0.0667. The molecule has 0 unspecified atom stereocenters. The highest BCUT2D eigenvalue weighted by atomic mass is 19.4. The lowest BCUT2D eigenvalue weighted by atomic mass is 10.2. The Hall–Kier alpha value is -3.23. The van der Waals surface area contributed by atoms with Crippen LogP contribution in [0.4, 0.5) is 19.0 Å². The number of pyridine rings is 1. The molecule has 2 aromatic rings. The molecule has 0 aromatic carbocycles. The van der Waals surface area contributed by atoms with Crippen molar-refractivity contribution >= 4 is 24.1 Å². The minimum atomic E-state index is -4.98. The number of hydrogen-bond acceptors (Lipinski definition) is 4. The van der Waals surface area contributed by atoms with Crippen LogP contribution in [0.1, 0.15) is 0 Å². The molecule has 9 heteroatoms. The summed E-state index contributed by atoms with van der Waals surface area (Å²) in [6.07, 6.45) is 1.04. The zero-order chi connectivity index (χ0) is 17.7. The molecule has 124 valence electrons. The first-order valence-electron chi connectivity index (χ1n) is 6.54. The smallest absolute Gasteiger partial charge is 0.303 e. The Morgan fingerprint density at radius 1 is 1.38 bits per heavy atom. The highest BCUT2D eigenvalue weighted by Crippen LogP contribution is 2.21. The summed E-state index contributed by atoms with van der Waals surface area (Å²) in [6.45, 7) is 6.96. The summed E-state index contributed by atoms with van der Waals surface area (Å²) in [5.41, 5.74) is 1.43. The molecule has 0 aliphatic rings. The molecule has 1 N–H and O–H groups in total. The van der Waals surface area contributed by atoms with Crippen LogP contribution in [0, 0.1) is 0 Å². The summed E-state index contributed by atoms with van der Waals surface area (Å²) >= 11 is 0. The second-order valence-electron chi connectivity index (χ2n) is 4.47. The SMILES string of the molecule is C=C/C(=C\N=C)n1cc(-c2cccc(NC(=O)C(F)(F)F)n2)cn1. The first-order valence-corrected chi connectivity index (χ1v) is 6.54. The summed E-state index contributed by atoms with van der Waals surface area (Å²) < 4.78 is 38.3. The van der Waals surface area contributed by atoms with Crippen molar-refractivity contribution < 1.29 is 18.0 Å². The first-order chi connectivity index (χ1) is 11.3. The molecule has 0 aliphatic heterocycles. The molecule has 0 bridgehead atoms. The Balaban J connectivity index is 2.28. The maximum Gasteiger partial charge on any atom is 0.471 e. The predicted octanol–water partition coefficient (Wildman–Crippen LogP) is 3.13. The number of halogens is 3. The van der Waals surface area contributed by atoms with E-state index in [1.165, 1.54) is 35.3 Å². The lowest BCUT2D eigenvalue weighted by molar-refractivity contribution is -0.167. The van der Waals surface area contributed by atoms with E-state index in [4.69, 9.17) is 0 Å². The Morgan fingerprint density at radius 3 is 2.75 bits per heavy atom. The number of carbonyl (C=O) groups is 1. The molecule has 0 fully saturated rings. The van der Waals surface area contributed by atoms with E-state index < -0.39 is 12.1 Å². The lowest BCUT2D eigenvalue weighted by Gasteiger charge is -2.07. The molecule has 0 spiro atoms. The first kappa shape index (κ1) is 17.1. The van der Waals surface area contributed by atoms with Gasteiger partial charge in [0.2, 0.25) is 0 Å². The minimum Gasteiger partial charge on any atom is -0.303 e. The van der Waals surface area contributed by atoms with Gasteiger partial charge >= 0.3 is 12.1 Å². The Morgan fingerprint density at radius 2 is 2.12 bits per heavy atom. The van der Waals surface area contributed by atoms with Crippen molar-refractivity contribution in [1.29, 1.82) is 0 Å². The van der Waals surface area contributed by atoms with E-state index in [1.807, 2.05) is 0 Å². The van der Waals surface area contributed by atoms with Gasteiger partial charge < -0.3 is 5.32 Å². The Kier molecular flexibility index (Phi) is 4.93. The molecule has 0 radical (unpaired) electrons. The van der Waals surface area contributed by atoms with Crippen molar-refractivity contribution in [1.82, 2.24) is 14.8 Å². The van der Waals surface area contributed by atoms with Crippen molar-refractivity contribution in [2.45, 2.75) is 6.18 Å². The van der Waals surface area contributed by atoms with Gasteiger partial charge in [0.25, 0.3) is 0 Å².